The van der Waals surface area contributed by atoms with E-state index < -0.39 is 0 Å². The second-order valence-corrected chi connectivity index (χ2v) is 7.77. The fourth-order valence-electron chi connectivity index (χ4n) is 3.80. The number of nitrogens with one attached hydrogen (secondary N) is 1. The van der Waals surface area contributed by atoms with Crippen molar-refractivity contribution in [3.63, 3.8) is 0 Å². The minimum atomic E-state index is -0.150. The Morgan fingerprint density at radius 3 is 2.50 bits per heavy atom. The van der Waals surface area contributed by atoms with Gasteiger partial charge in [0.15, 0.2) is 11.5 Å². The molecule has 7 heteroatoms. The summed E-state index contributed by atoms with van der Waals surface area (Å²) in [5, 5.41) is 3.16. The zero-order chi connectivity index (χ0) is 20.1. The Bertz CT molecular complexity index is 698. The van der Waals surface area contributed by atoms with Crippen LogP contribution in [0, 0.1) is 11.8 Å². The molecule has 0 radical (unpaired) electrons. The number of hydrogen-bond acceptors (Lipinski definition) is 6. The van der Waals surface area contributed by atoms with Gasteiger partial charge in [0.05, 0.1) is 25.6 Å². The summed E-state index contributed by atoms with van der Waals surface area (Å²) in [5.41, 5.74) is 1.01. The maximum atomic E-state index is 12.7. The van der Waals surface area contributed by atoms with Crippen LogP contribution in [0.3, 0.4) is 0 Å². The number of likely N-dealkylation sites (tertiary alicyclic amines) is 1. The van der Waals surface area contributed by atoms with Gasteiger partial charge in [-0.1, -0.05) is 19.9 Å². The van der Waals surface area contributed by atoms with Gasteiger partial charge in [0.2, 0.25) is 5.91 Å². The first-order valence-corrected chi connectivity index (χ1v) is 9.97. The molecule has 2 aliphatic heterocycles. The maximum absolute atomic E-state index is 12.7. The number of carbonyl (C=O) groups is 2. The first-order chi connectivity index (χ1) is 13.5. The molecule has 1 N–H and O–H groups in total. The van der Waals surface area contributed by atoms with E-state index in [1.54, 1.807) is 0 Å². The number of fused-ring (bicyclic) bond motifs is 1. The predicted molar refractivity (Wildman–Crippen MR) is 104 cm³/mol. The van der Waals surface area contributed by atoms with Gasteiger partial charge in [0.1, 0.15) is 13.2 Å². The van der Waals surface area contributed by atoms with Gasteiger partial charge < -0.3 is 19.5 Å². The summed E-state index contributed by atoms with van der Waals surface area (Å²) in [5.74, 6) is 1.50. The number of piperidine rings is 1. The smallest absolute Gasteiger partial charge is 0.308 e. The molecule has 3 rings (SSSR count). The number of nitrogens with zero attached hydrogens (tertiary/aromatic N) is 1. The fourth-order valence-corrected chi connectivity index (χ4v) is 3.80. The minimum absolute atomic E-state index is 0.00916. The van der Waals surface area contributed by atoms with Gasteiger partial charge >= 0.3 is 5.97 Å². The highest BCUT2D eigenvalue weighted by molar-refractivity contribution is 5.78. The molecule has 2 aliphatic rings. The topological polar surface area (TPSA) is 77.1 Å². The third-order valence-electron chi connectivity index (χ3n) is 5.40. The molecule has 0 unspecified atom stereocenters. The van der Waals surface area contributed by atoms with E-state index in [0.717, 1.165) is 43.0 Å². The lowest BCUT2D eigenvalue weighted by Gasteiger charge is -2.31. The van der Waals surface area contributed by atoms with E-state index >= 15 is 0 Å². The van der Waals surface area contributed by atoms with Crippen molar-refractivity contribution in [2.75, 3.05) is 40.0 Å². The maximum Gasteiger partial charge on any atom is 0.308 e. The lowest BCUT2D eigenvalue weighted by atomic mass is 9.95. The van der Waals surface area contributed by atoms with E-state index in [1.807, 2.05) is 18.2 Å². The fraction of sp³-hybridized carbons (Fsp3) is 0.619. The predicted octanol–water partition coefficient (Wildman–Crippen LogP) is 2.16. The van der Waals surface area contributed by atoms with Gasteiger partial charge in [-0.05, 0) is 49.5 Å². The highest BCUT2D eigenvalue weighted by atomic mass is 16.6. The lowest BCUT2D eigenvalue weighted by Crippen LogP contribution is -2.44. The summed E-state index contributed by atoms with van der Waals surface area (Å²) in [6, 6.07) is 5.75. The Hall–Kier alpha value is -2.28. The first-order valence-electron chi connectivity index (χ1n) is 9.97. The quantitative estimate of drug-likeness (QED) is 0.750. The van der Waals surface area contributed by atoms with Crippen LogP contribution in [0.4, 0.5) is 0 Å². The van der Waals surface area contributed by atoms with Crippen molar-refractivity contribution in [2.24, 2.45) is 11.8 Å². The molecular formula is C21H30N2O5. The second kappa shape index (κ2) is 9.28. The summed E-state index contributed by atoms with van der Waals surface area (Å²) < 4.78 is 16.1. The molecular weight excluding hydrogens is 360 g/mol. The lowest BCUT2D eigenvalue weighted by molar-refractivity contribution is -0.147. The van der Waals surface area contributed by atoms with E-state index in [4.69, 9.17) is 14.2 Å². The van der Waals surface area contributed by atoms with Crippen LogP contribution in [-0.4, -0.2) is 56.7 Å². The van der Waals surface area contributed by atoms with Crippen molar-refractivity contribution in [3.8, 4) is 11.5 Å². The first kappa shape index (κ1) is 20.5. The van der Waals surface area contributed by atoms with Crippen LogP contribution >= 0.6 is 0 Å². The molecule has 1 atom stereocenters. The molecule has 1 amide bonds. The molecule has 0 bridgehead atoms. The summed E-state index contributed by atoms with van der Waals surface area (Å²) in [4.78, 5) is 26.4. The van der Waals surface area contributed by atoms with Crippen molar-refractivity contribution in [3.05, 3.63) is 23.8 Å². The van der Waals surface area contributed by atoms with Crippen LogP contribution in [-0.2, 0) is 14.3 Å². The molecule has 0 aliphatic carbocycles. The van der Waals surface area contributed by atoms with E-state index in [0.29, 0.717) is 19.8 Å². The minimum Gasteiger partial charge on any atom is -0.486 e. The molecule has 154 valence electrons. The third kappa shape index (κ3) is 4.95. The van der Waals surface area contributed by atoms with Crippen molar-refractivity contribution < 1.29 is 23.8 Å². The Morgan fingerprint density at radius 2 is 1.86 bits per heavy atom. The SMILES string of the molecule is COC(=O)C1CCN(CC(=O)N[C@@H](c2ccc3c(c2)OCCO3)C(C)C)CC1. The molecule has 28 heavy (non-hydrogen) atoms. The zero-order valence-electron chi connectivity index (χ0n) is 16.9. The molecule has 7 nitrogen and oxygen atoms in total. The van der Waals surface area contributed by atoms with Gasteiger partial charge in [-0.15, -0.1) is 0 Å². The standard InChI is InChI=1S/C21H30N2O5/c1-14(2)20(16-4-5-17-18(12-16)28-11-10-27-17)22-19(24)13-23-8-6-15(7-9-23)21(25)26-3/h4-5,12,14-15,20H,6-11,13H2,1-3H3,(H,22,24)/t20-/m1/s1. The molecule has 1 aromatic rings. The summed E-state index contributed by atoms with van der Waals surface area (Å²) >= 11 is 0. The molecule has 0 saturated carbocycles. The summed E-state index contributed by atoms with van der Waals surface area (Å²) in [6.07, 6.45) is 1.46. The number of hydrogen-bond donors (Lipinski definition) is 1. The van der Waals surface area contributed by atoms with E-state index in [2.05, 4.69) is 24.1 Å². The van der Waals surface area contributed by atoms with Crippen LogP contribution in [0.25, 0.3) is 0 Å². The van der Waals surface area contributed by atoms with Crippen LogP contribution in [0.5, 0.6) is 11.5 Å². The van der Waals surface area contributed by atoms with E-state index in [9.17, 15) is 9.59 Å². The number of carbonyl (C=O) groups excluding carboxylic acids is 2. The number of methoxy groups -OCH3 is 1. The van der Waals surface area contributed by atoms with Crippen molar-refractivity contribution >= 4 is 11.9 Å². The van der Waals surface area contributed by atoms with E-state index in [-0.39, 0.29) is 29.8 Å². The van der Waals surface area contributed by atoms with Gasteiger partial charge in [-0.3, -0.25) is 14.5 Å². The van der Waals surface area contributed by atoms with Gasteiger partial charge in [0, 0.05) is 0 Å². The number of rotatable bonds is 6. The van der Waals surface area contributed by atoms with Crippen molar-refractivity contribution in [1.82, 2.24) is 10.2 Å². The number of amides is 1. The third-order valence-corrected chi connectivity index (χ3v) is 5.40. The normalized spacial score (nSPS) is 18.6. The molecule has 2 heterocycles. The molecule has 0 aromatic heterocycles. The monoisotopic (exact) mass is 390 g/mol. The van der Waals surface area contributed by atoms with E-state index in [1.165, 1.54) is 7.11 Å². The van der Waals surface area contributed by atoms with Gasteiger partial charge in [-0.25, -0.2) is 0 Å². The highest BCUT2D eigenvalue weighted by Crippen LogP contribution is 2.34. The molecule has 1 fully saturated rings. The number of esters is 1. The number of ether oxygens (including phenoxy) is 3. The van der Waals surface area contributed by atoms with Gasteiger partial charge in [-0.2, -0.15) is 0 Å². The molecule has 1 saturated heterocycles. The molecule has 1 aromatic carbocycles. The Kier molecular flexibility index (Phi) is 6.78. The van der Waals surface area contributed by atoms with Crippen molar-refractivity contribution in [1.29, 1.82) is 0 Å². The zero-order valence-corrected chi connectivity index (χ0v) is 16.9. The second-order valence-electron chi connectivity index (χ2n) is 7.77. The average Bonchev–Trinajstić information content (AvgIpc) is 2.71. The Balaban J connectivity index is 1.57. The van der Waals surface area contributed by atoms with Crippen LogP contribution in [0.15, 0.2) is 18.2 Å². The van der Waals surface area contributed by atoms with Gasteiger partial charge in [0.25, 0.3) is 0 Å². The summed E-state index contributed by atoms with van der Waals surface area (Å²) in [7, 11) is 1.42. The Morgan fingerprint density at radius 1 is 1.18 bits per heavy atom. The van der Waals surface area contributed by atoms with Crippen LogP contribution in [0.1, 0.15) is 38.3 Å². The Labute approximate surface area is 166 Å². The highest BCUT2D eigenvalue weighted by Gasteiger charge is 2.27. The van der Waals surface area contributed by atoms with Crippen LogP contribution < -0.4 is 14.8 Å². The van der Waals surface area contributed by atoms with Crippen LogP contribution in [0.2, 0.25) is 0 Å². The number of benzene rings is 1. The average molecular weight is 390 g/mol. The largest absolute Gasteiger partial charge is 0.486 e. The summed E-state index contributed by atoms with van der Waals surface area (Å²) in [6.45, 7) is 7.06. The van der Waals surface area contributed by atoms with Crippen molar-refractivity contribution in [2.45, 2.75) is 32.7 Å². The molecule has 0 spiro atoms.